The number of nitrogens with zero attached hydrogens (tertiary/aromatic N) is 2. The van der Waals surface area contributed by atoms with Crippen LogP contribution >= 0.6 is 0 Å². The predicted octanol–water partition coefficient (Wildman–Crippen LogP) is -1.67. The van der Waals surface area contributed by atoms with Gasteiger partial charge < -0.3 is 20.0 Å². The van der Waals surface area contributed by atoms with Crippen LogP contribution in [0.4, 0.5) is 0 Å². The van der Waals surface area contributed by atoms with Crippen LogP contribution in [0.25, 0.3) is 0 Å². The topological polar surface area (TPSA) is 81.1 Å². The number of carbonyl (C=O) groups excluding carboxylic acids is 2. The fourth-order valence-corrected chi connectivity index (χ4v) is 1.32. The SMILES string of the molecule is CN1C(=O)C(C)(O)N(C)C(=O)C1(C)O. The highest BCUT2D eigenvalue weighted by atomic mass is 16.4. The fraction of sp³-hybridized carbons (Fsp3) is 0.750. The summed E-state index contributed by atoms with van der Waals surface area (Å²) in [6.45, 7) is 2.41. The first-order chi connectivity index (χ1) is 6.13. The zero-order valence-corrected chi connectivity index (χ0v) is 8.61. The average molecular weight is 202 g/mol. The Balaban J connectivity index is 3.21. The van der Waals surface area contributed by atoms with Gasteiger partial charge >= 0.3 is 0 Å². The van der Waals surface area contributed by atoms with Gasteiger partial charge in [0.05, 0.1) is 0 Å². The van der Waals surface area contributed by atoms with E-state index in [1.807, 2.05) is 0 Å². The molecule has 1 aliphatic heterocycles. The van der Waals surface area contributed by atoms with Gasteiger partial charge in [-0.25, -0.2) is 0 Å². The van der Waals surface area contributed by atoms with Gasteiger partial charge in [0.1, 0.15) is 0 Å². The number of amides is 2. The van der Waals surface area contributed by atoms with Crippen LogP contribution in [-0.4, -0.2) is 57.4 Å². The van der Waals surface area contributed by atoms with Crippen LogP contribution in [0.2, 0.25) is 0 Å². The molecule has 14 heavy (non-hydrogen) atoms. The minimum Gasteiger partial charge on any atom is -0.363 e. The minimum absolute atomic E-state index is 0.718. The Kier molecular flexibility index (Phi) is 2.09. The highest BCUT2D eigenvalue weighted by Gasteiger charge is 2.55. The smallest absolute Gasteiger partial charge is 0.278 e. The van der Waals surface area contributed by atoms with Crippen molar-refractivity contribution in [2.75, 3.05) is 14.1 Å². The highest BCUT2D eigenvalue weighted by Crippen LogP contribution is 2.27. The van der Waals surface area contributed by atoms with Gasteiger partial charge in [0.15, 0.2) is 0 Å². The molecule has 0 bridgehead atoms. The monoisotopic (exact) mass is 202 g/mol. The number of hydrogen-bond donors (Lipinski definition) is 2. The standard InChI is InChI=1S/C8H14N2O4/c1-7(13)5(11)10(4)8(2,14)6(12)9(7)3/h13-14H,1-4H3. The molecular weight excluding hydrogens is 188 g/mol. The molecule has 0 aliphatic carbocycles. The first kappa shape index (κ1) is 10.9. The van der Waals surface area contributed by atoms with Crippen LogP contribution in [-0.2, 0) is 9.59 Å². The number of piperazine rings is 1. The molecule has 1 rings (SSSR count). The van der Waals surface area contributed by atoms with E-state index in [1.54, 1.807) is 0 Å². The molecule has 2 amide bonds. The third-order valence-electron chi connectivity index (χ3n) is 2.73. The summed E-state index contributed by atoms with van der Waals surface area (Å²) >= 11 is 0. The zero-order chi connectivity index (χ0) is 11.3. The van der Waals surface area contributed by atoms with Crippen molar-refractivity contribution in [3.63, 3.8) is 0 Å². The van der Waals surface area contributed by atoms with Crippen molar-refractivity contribution in [2.45, 2.75) is 25.3 Å². The van der Waals surface area contributed by atoms with Crippen LogP contribution in [0, 0.1) is 0 Å². The lowest BCUT2D eigenvalue weighted by molar-refractivity contribution is -0.221. The number of rotatable bonds is 0. The largest absolute Gasteiger partial charge is 0.363 e. The van der Waals surface area contributed by atoms with Crippen molar-refractivity contribution >= 4 is 11.8 Å². The number of hydrogen-bond acceptors (Lipinski definition) is 4. The molecule has 6 nitrogen and oxygen atoms in total. The van der Waals surface area contributed by atoms with E-state index in [4.69, 9.17) is 0 Å². The van der Waals surface area contributed by atoms with E-state index in [0.29, 0.717) is 0 Å². The Hall–Kier alpha value is -1.14. The van der Waals surface area contributed by atoms with E-state index in [-0.39, 0.29) is 0 Å². The summed E-state index contributed by atoms with van der Waals surface area (Å²) in [5, 5.41) is 19.4. The van der Waals surface area contributed by atoms with E-state index < -0.39 is 23.3 Å². The molecule has 6 heteroatoms. The van der Waals surface area contributed by atoms with Gasteiger partial charge in [-0.15, -0.1) is 0 Å². The second-order valence-corrected chi connectivity index (χ2v) is 3.77. The van der Waals surface area contributed by atoms with Gasteiger partial charge in [-0.05, 0) is 13.8 Å². The number of aliphatic hydroxyl groups is 2. The van der Waals surface area contributed by atoms with E-state index in [2.05, 4.69) is 0 Å². The van der Waals surface area contributed by atoms with Crippen molar-refractivity contribution in [2.24, 2.45) is 0 Å². The van der Waals surface area contributed by atoms with Gasteiger partial charge in [-0.1, -0.05) is 0 Å². The van der Waals surface area contributed by atoms with Crippen molar-refractivity contribution in [3.8, 4) is 0 Å². The Labute approximate surface area is 81.7 Å². The Morgan fingerprint density at radius 2 is 1.14 bits per heavy atom. The van der Waals surface area contributed by atoms with Gasteiger partial charge in [-0.3, -0.25) is 9.59 Å². The molecule has 1 saturated heterocycles. The van der Waals surface area contributed by atoms with Crippen molar-refractivity contribution in [3.05, 3.63) is 0 Å². The highest BCUT2D eigenvalue weighted by molar-refractivity contribution is 5.99. The molecule has 2 unspecified atom stereocenters. The summed E-state index contributed by atoms with van der Waals surface area (Å²) in [7, 11) is 2.53. The summed E-state index contributed by atoms with van der Waals surface area (Å²) < 4.78 is 0. The van der Waals surface area contributed by atoms with Gasteiger partial charge in [-0.2, -0.15) is 0 Å². The Bertz CT molecular complexity index is 268. The van der Waals surface area contributed by atoms with Crippen LogP contribution in [0.3, 0.4) is 0 Å². The molecule has 0 aromatic carbocycles. The summed E-state index contributed by atoms with van der Waals surface area (Å²) in [4.78, 5) is 24.7. The van der Waals surface area contributed by atoms with Crippen LogP contribution in [0.1, 0.15) is 13.8 Å². The molecule has 1 aliphatic rings. The summed E-state index contributed by atoms with van der Waals surface area (Å²) in [6.07, 6.45) is 0. The third-order valence-corrected chi connectivity index (χ3v) is 2.73. The lowest BCUT2D eigenvalue weighted by Gasteiger charge is -2.47. The lowest BCUT2D eigenvalue weighted by Crippen LogP contribution is -2.73. The van der Waals surface area contributed by atoms with E-state index >= 15 is 0 Å². The van der Waals surface area contributed by atoms with Crippen LogP contribution in [0.15, 0.2) is 0 Å². The second-order valence-electron chi connectivity index (χ2n) is 3.77. The molecule has 2 N–H and O–H groups in total. The summed E-state index contributed by atoms with van der Waals surface area (Å²) in [5.74, 6) is -1.44. The van der Waals surface area contributed by atoms with Crippen LogP contribution < -0.4 is 0 Å². The predicted molar refractivity (Wildman–Crippen MR) is 46.8 cm³/mol. The molecular formula is C8H14N2O4. The lowest BCUT2D eigenvalue weighted by atomic mass is 10.0. The normalized spacial score (nSPS) is 39.3. The number of carbonyl (C=O) groups is 2. The van der Waals surface area contributed by atoms with Crippen molar-refractivity contribution in [1.29, 1.82) is 0 Å². The molecule has 1 fully saturated rings. The summed E-state index contributed by atoms with van der Waals surface area (Å²) in [6, 6.07) is 0. The first-order valence-corrected chi connectivity index (χ1v) is 4.14. The van der Waals surface area contributed by atoms with Crippen molar-refractivity contribution in [1.82, 2.24) is 9.80 Å². The minimum atomic E-state index is -1.89. The quantitative estimate of drug-likeness (QED) is 0.492. The maximum Gasteiger partial charge on any atom is 0.278 e. The maximum atomic E-state index is 11.5. The Morgan fingerprint density at radius 1 is 0.929 bits per heavy atom. The molecule has 0 aromatic heterocycles. The molecule has 1 heterocycles. The van der Waals surface area contributed by atoms with Gasteiger partial charge in [0, 0.05) is 14.1 Å². The van der Waals surface area contributed by atoms with E-state index in [9.17, 15) is 19.8 Å². The second kappa shape index (κ2) is 2.68. The van der Waals surface area contributed by atoms with E-state index in [1.165, 1.54) is 27.9 Å². The molecule has 0 aromatic rings. The van der Waals surface area contributed by atoms with Gasteiger partial charge in [0.25, 0.3) is 11.8 Å². The zero-order valence-electron chi connectivity index (χ0n) is 8.61. The fourth-order valence-electron chi connectivity index (χ4n) is 1.32. The molecule has 0 spiro atoms. The third kappa shape index (κ3) is 1.11. The average Bonchev–Trinajstić information content (AvgIpc) is 2.11. The first-order valence-electron chi connectivity index (χ1n) is 4.14. The van der Waals surface area contributed by atoms with Crippen molar-refractivity contribution < 1.29 is 19.8 Å². The molecule has 2 atom stereocenters. The summed E-state index contributed by atoms with van der Waals surface area (Å²) in [5.41, 5.74) is -3.79. The van der Waals surface area contributed by atoms with E-state index in [0.717, 1.165) is 9.80 Å². The molecule has 0 saturated carbocycles. The number of likely N-dealkylation sites (N-methyl/N-ethyl adjacent to an activating group) is 2. The molecule has 80 valence electrons. The van der Waals surface area contributed by atoms with Crippen LogP contribution in [0.5, 0.6) is 0 Å². The molecule has 0 radical (unpaired) electrons. The van der Waals surface area contributed by atoms with Gasteiger partial charge in [0.2, 0.25) is 11.4 Å². The maximum absolute atomic E-state index is 11.5. The Morgan fingerprint density at radius 3 is 1.36 bits per heavy atom.